The van der Waals surface area contributed by atoms with Gasteiger partial charge in [0.05, 0.1) is 71.1 Å². The van der Waals surface area contributed by atoms with Crippen LogP contribution in [0.5, 0.6) is 0 Å². The maximum absolute atomic E-state index is 12.1. The van der Waals surface area contributed by atoms with E-state index in [0.717, 1.165) is 0 Å². The van der Waals surface area contributed by atoms with Crippen molar-refractivity contribution in [1.29, 1.82) is 0 Å². The molecule has 0 saturated carbocycles. The topological polar surface area (TPSA) is 88.1 Å². The minimum Gasteiger partial charge on any atom is -0.377 e. The zero-order valence-corrected chi connectivity index (χ0v) is 14.4. The molecule has 1 unspecified atom stereocenters. The number of hydrogen-bond acceptors (Lipinski definition) is 7. The van der Waals surface area contributed by atoms with Gasteiger partial charge in [-0.2, -0.15) is 0 Å². The van der Waals surface area contributed by atoms with Crippen molar-refractivity contribution in [2.75, 3.05) is 66.0 Å². The Morgan fingerprint density at radius 3 is 2.28 bits per heavy atom. The van der Waals surface area contributed by atoms with E-state index in [-0.39, 0.29) is 12.0 Å². The summed E-state index contributed by atoms with van der Waals surface area (Å²) in [4.78, 5) is 16.0. The van der Waals surface area contributed by atoms with Crippen LogP contribution in [0.1, 0.15) is 10.4 Å². The zero-order valence-electron chi connectivity index (χ0n) is 14.4. The first-order valence-corrected chi connectivity index (χ1v) is 8.47. The fraction of sp³-hybridized carbons (Fsp3) is 0.647. The lowest BCUT2D eigenvalue weighted by molar-refractivity contribution is -0.0438. The second-order valence-electron chi connectivity index (χ2n) is 5.36. The van der Waals surface area contributed by atoms with Crippen molar-refractivity contribution in [3.8, 4) is 0 Å². The molecule has 1 aromatic heterocycles. The minimum atomic E-state index is -0.259. The molecule has 8 heteroatoms. The summed E-state index contributed by atoms with van der Waals surface area (Å²) in [6, 6.07) is 3.43. The van der Waals surface area contributed by atoms with E-state index in [1.807, 2.05) is 0 Å². The lowest BCUT2D eigenvalue weighted by Gasteiger charge is -2.19. The zero-order chi connectivity index (χ0) is 17.6. The molecule has 0 spiro atoms. The Hall–Kier alpha value is -1.58. The van der Waals surface area contributed by atoms with Crippen LogP contribution in [0.15, 0.2) is 24.5 Å². The molecule has 1 saturated heterocycles. The maximum atomic E-state index is 12.1. The molecule has 1 amide bonds. The summed E-state index contributed by atoms with van der Waals surface area (Å²) in [7, 11) is 0. The molecule has 2 heterocycles. The number of aromatic nitrogens is 1. The van der Waals surface area contributed by atoms with Crippen molar-refractivity contribution in [3.63, 3.8) is 0 Å². The van der Waals surface area contributed by atoms with Crippen molar-refractivity contribution < 1.29 is 28.5 Å². The molecule has 25 heavy (non-hydrogen) atoms. The third kappa shape index (κ3) is 8.89. The lowest BCUT2D eigenvalue weighted by atomic mass is 10.2. The third-order valence-electron chi connectivity index (χ3n) is 3.42. The Labute approximate surface area is 147 Å². The molecule has 1 aliphatic heterocycles. The quantitative estimate of drug-likeness (QED) is 0.834. The first-order chi connectivity index (χ1) is 12.4. The number of nitrogens with zero attached hydrogens (tertiary/aromatic N) is 1. The lowest BCUT2D eigenvalue weighted by Crippen LogP contribution is -2.37. The van der Waals surface area contributed by atoms with Crippen molar-refractivity contribution in [3.05, 3.63) is 30.1 Å². The van der Waals surface area contributed by atoms with Gasteiger partial charge in [-0.15, -0.1) is 0 Å². The molecule has 1 aliphatic rings. The van der Waals surface area contributed by atoms with E-state index in [9.17, 15) is 4.79 Å². The molecule has 2 rings (SSSR count). The maximum Gasteiger partial charge on any atom is 0.252 e. The normalized spacial score (nSPS) is 21.7. The Bertz CT molecular complexity index is 457. The molecule has 0 bridgehead atoms. The molecular formula is C17H26N2O6. The average Bonchev–Trinajstić information content (AvgIpc) is 2.66. The second-order valence-corrected chi connectivity index (χ2v) is 5.36. The summed E-state index contributed by atoms with van der Waals surface area (Å²) in [5.74, 6) is -0.190. The van der Waals surface area contributed by atoms with E-state index < -0.39 is 0 Å². The highest BCUT2D eigenvalue weighted by molar-refractivity contribution is 5.93. The summed E-state index contributed by atoms with van der Waals surface area (Å²) >= 11 is 0. The first kappa shape index (κ1) is 19.7. The van der Waals surface area contributed by atoms with Crippen LogP contribution in [0.4, 0.5) is 0 Å². The van der Waals surface area contributed by atoms with Gasteiger partial charge in [0, 0.05) is 18.9 Å². The number of rotatable bonds is 3. The predicted octanol–water partition coefficient (Wildman–Crippen LogP) is 0.277. The fourth-order valence-corrected chi connectivity index (χ4v) is 2.12. The molecule has 1 N–H and O–H groups in total. The van der Waals surface area contributed by atoms with Gasteiger partial charge in [-0.25, -0.2) is 0 Å². The SMILES string of the molecule is O=C(NCC1COCCOCCOCCOCCO1)c1cccnc1. The van der Waals surface area contributed by atoms with Crippen molar-refractivity contribution in [2.24, 2.45) is 0 Å². The molecule has 0 aliphatic carbocycles. The van der Waals surface area contributed by atoms with Gasteiger partial charge in [0.2, 0.25) is 0 Å². The van der Waals surface area contributed by atoms with Gasteiger partial charge in [-0.3, -0.25) is 9.78 Å². The number of amides is 1. The molecule has 140 valence electrons. The second kappa shape index (κ2) is 12.7. The number of carbonyl (C=O) groups is 1. The summed E-state index contributed by atoms with van der Waals surface area (Å²) < 4.78 is 27.5. The van der Waals surface area contributed by atoms with Gasteiger partial charge in [-0.1, -0.05) is 0 Å². The summed E-state index contributed by atoms with van der Waals surface area (Å²) in [6.07, 6.45) is 2.89. The van der Waals surface area contributed by atoms with E-state index >= 15 is 0 Å². The van der Waals surface area contributed by atoms with E-state index in [1.165, 1.54) is 6.20 Å². The van der Waals surface area contributed by atoms with Crippen LogP contribution in [0.3, 0.4) is 0 Å². The number of pyridine rings is 1. The number of carbonyl (C=O) groups excluding carboxylic acids is 1. The summed E-state index contributed by atoms with van der Waals surface area (Å²) in [5.41, 5.74) is 0.511. The fourth-order valence-electron chi connectivity index (χ4n) is 2.12. The summed E-state index contributed by atoms with van der Waals surface area (Å²) in [5, 5.41) is 2.84. The highest BCUT2D eigenvalue weighted by Gasteiger charge is 2.13. The molecule has 1 atom stereocenters. The summed E-state index contributed by atoms with van der Waals surface area (Å²) in [6.45, 7) is 4.69. The van der Waals surface area contributed by atoms with Gasteiger partial charge in [0.15, 0.2) is 0 Å². The molecule has 1 aromatic rings. The number of nitrogens with one attached hydrogen (secondary N) is 1. The number of hydrogen-bond donors (Lipinski definition) is 1. The van der Waals surface area contributed by atoms with Crippen LogP contribution >= 0.6 is 0 Å². The van der Waals surface area contributed by atoms with Crippen LogP contribution < -0.4 is 5.32 Å². The molecule has 8 nitrogen and oxygen atoms in total. The monoisotopic (exact) mass is 354 g/mol. The largest absolute Gasteiger partial charge is 0.377 e. The Kier molecular flexibility index (Phi) is 10.1. The van der Waals surface area contributed by atoms with E-state index in [4.69, 9.17) is 23.7 Å². The highest BCUT2D eigenvalue weighted by Crippen LogP contribution is 1.98. The number of ether oxygens (including phenoxy) is 5. The van der Waals surface area contributed by atoms with E-state index in [2.05, 4.69) is 10.3 Å². The first-order valence-electron chi connectivity index (χ1n) is 8.47. The van der Waals surface area contributed by atoms with Crippen LogP contribution in [-0.4, -0.2) is 83.0 Å². The van der Waals surface area contributed by atoms with Gasteiger partial charge >= 0.3 is 0 Å². The van der Waals surface area contributed by atoms with E-state index in [0.29, 0.717) is 71.6 Å². The molecule has 1 fully saturated rings. The molecule has 0 aromatic carbocycles. The predicted molar refractivity (Wildman–Crippen MR) is 89.6 cm³/mol. The van der Waals surface area contributed by atoms with Gasteiger partial charge in [-0.05, 0) is 12.1 Å². The van der Waals surface area contributed by atoms with Gasteiger partial charge in [0.1, 0.15) is 0 Å². The van der Waals surface area contributed by atoms with Gasteiger partial charge in [0.25, 0.3) is 5.91 Å². The van der Waals surface area contributed by atoms with Crippen molar-refractivity contribution in [1.82, 2.24) is 10.3 Å². The third-order valence-corrected chi connectivity index (χ3v) is 3.42. The van der Waals surface area contributed by atoms with Crippen LogP contribution in [0, 0.1) is 0 Å². The molecule has 0 radical (unpaired) electrons. The van der Waals surface area contributed by atoms with Gasteiger partial charge < -0.3 is 29.0 Å². The van der Waals surface area contributed by atoms with Crippen LogP contribution in [0.25, 0.3) is 0 Å². The standard InChI is InChI=1S/C17H26N2O6/c20-17(15-2-1-3-18-12-15)19-13-16-14-24-9-8-22-5-4-21-6-7-23-10-11-25-16/h1-3,12,16H,4-11,13-14H2,(H,19,20). The average molecular weight is 354 g/mol. The smallest absolute Gasteiger partial charge is 0.252 e. The molecular weight excluding hydrogens is 328 g/mol. The van der Waals surface area contributed by atoms with Crippen molar-refractivity contribution >= 4 is 5.91 Å². The Morgan fingerprint density at radius 2 is 1.64 bits per heavy atom. The minimum absolute atomic E-state index is 0.190. The Morgan fingerprint density at radius 1 is 1.00 bits per heavy atom. The van der Waals surface area contributed by atoms with Crippen molar-refractivity contribution in [2.45, 2.75) is 6.10 Å². The van der Waals surface area contributed by atoms with E-state index in [1.54, 1.807) is 18.3 Å². The van der Waals surface area contributed by atoms with Crippen LogP contribution in [0.2, 0.25) is 0 Å². The highest BCUT2D eigenvalue weighted by atomic mass is 16.6. The Balaban J connectivity index is 1.75. The van der Waals surface area contributed by atoms with Crippen LogP contribution in [-0.2, 0) is 23.7 Å².